The largest absolute Gasteiger partial charge is 0.345 e. The third-order valence-electron chi connectivity index (χ3n) is 2.82. The molecule has 19 heavy (non-hydrogen) atoms. The van der Waals surface area contributed by atoms with Crippen molar-refractivity contribution >= 4 is 11.7 Å². The minimum atomic E-state index is -0.576. The number of carbonyl (C=O) groups is 2. The van der Waals surface area contributed by atoms with Crippen molar-refractivity contribution < 1.29 is 9.59 Å². The maximum absolute atomic E-state index is 11.9. The van der Waals surface area contributed by atoms with Gasteiger partial charge in [0, 0.05) is 12.1 Å². The monoisotopic (exact) mass is 253 g/mol. The first kappa shape index (κ1) is 13.0. The fourth-order valence-electron chi connectivity index (χ4n) is 1.69. The maximum Gasteiger partial charge on any atom is 0.292 e. The van der Waals surface area contributed by atoms with Crippen LogP contribution in [-0.2, 0) is 11.3 Å². The first-order valence-corrected chi connectivity index (χ1v) is 6.10. The molecule has 0 aliphatic heterocycles. The van der Waals surface area contributed by atoms with Crippen molar-refractivity contribution in [2.24, 2.45) is 0 Å². The van der Waals surface area contributed by atoms with E-state index in [4.69, 9.17) is 0 Å². The molecule has 0 saturated carbocycles. The number of Topliss-reactive ketones (excluding diaryl/α,β-unsaturated/α-hetero) is 1. The Bertz CT molecular complexity index is 573. The van der Waals surface area contributed by atoms with Crippen molar-refractivity contribution in [3.8, 4) is 0 Å². The molecule has 3 heteroatoms. The van der Waals surface area contributed by atoms with Crippen molar-refractivity contribution in [3.05, 3.63) is 71.3 Å². The van der Waals surface area contributed by atoms with Crippen LogP contribution in [0, 0.1) is 6.92 Å². The smallest absolute Gasteiger partial charge is 0.292 e. The SMILES string of the molecule is Cc1ccc(C(=O)C(=O)NCc2ccccc2)cc1. The van der Waals surface area contributed by atoms with E-state index in [0.29, 0.717) is 12.1 Å². The molecule has 0 aliphatic rings. The Morgan fingerprint density at radius 2 is 1.58 bits per heavy atom. The highest BCUT2D eigenvalue weighted by Crippen LogP contribution is 2.04. The Labute approximate surface area is 112 Å². The number of aryl methyl sites for hydroxylation is 1. The molecular weight excluding hydrogens is 238 g/mol. The first-order valence-electron chi connectivity index (χ1n) is 6.10. The fourth-order valence-corrected chi connectivity index (χ4v) is 1.69. The predicted octanol–water partition coefficient (Wildman–Crippen LogP) is 2.49. The molecule has 96 valence electrons. The van der Waals surface area contributed by atoms with E-state index in [1.807, 2.05) is 49.4 Å². The summed E-state index contributed by atoms with van der Waals surface area (Å²) in [7, 11) is 0. The number of rotatable bonds is 4. The van der Waals surface area contributed by atoms with E-state index in [0.717, 1.165) is 11.1 Å². The van der Waals surface area contributed by atoms with Gasteiger partial charge in [-0.1, -0.05) is 60.2 Å². The van der Waals surface area contributed by atoms with Crippen LogP contribution in [0.3, 0.4) is 0 Å². The molecule has 0 radical (unpaired) electrons. The van der Waals surface area contributed by atoms with Crippen molar-refractivity contribution in [2.75, 3.05) is 0 Å². The topological polar surface area (TPSA) is 46.2 Å². The second-order valence-electron chi connectivity index (χ2n) is 4.36. The zero-order chi connectivity index (χ0) is 13.7. The van der Waals surface area contributed by atoms with E-state index in [-0.39, 0.29) is 0 Å². The van der Waals surface area contributed by atoms with Gasteiger partial charge in [-0.05, 0) is 12.5 Å². The minimum Gasteiger partial charge on any atom is -0.345 e. The summed E-state index contributed by atoms with van der Waals surface area (Å²) in [4.78, 5) is 23.6. The predicted molar refractivity (Wildman–Crippen MR) is 73.8 cm³/mol. The van der Waals surface area contributed by atoms with Crippen LogP contribution in [0.4, 0.5) is 0 Å². The van der Waals surface area contributed by atoms with Gasteiger partial charge in [-0.25, -0.2) is 0 Å². The van der Waals surface area contributed by atoms with E-state index in [2.05, 4.69) is 5.32 Å². The second-order valence-corrected chi connectivity index (χ2v) is 4.36. The van der Waals surface area contributed by atoms with E-state index in [1.165, 1.54) is 0 Å². The van der Waals surface area contributed by atoms with Gasteiger partial charge >= 0.3 is 0 Å². The van der Waals surface area contributed by atoms with Crippen molar-refractivity contribution in [3.63, 3.8) is 0 Å². The summed E-state index contributed by atoms with van der Waals surface area (Å²) in [6.45, 7) is 2.29. The summed E-state index contributed by atoms with van der Waals surface area (Å²) in [5, 5.41) is 2.62. The number of hydrogen-bond donors (Lipinski definition) is 1. The van der Waals surface area contributed by atoms with Gasteiger partial charge in [-0.3, -0.25) is 9.59 Å². The summed E-state index contributed by atoms with van der Waals surface area (Å²) in [5.74, 6) is -1.08. The van der Waals surface area contributed by atoms with Crippen LogP contribution in [0.15, 0.2) is 54.6 Å². The molecule has 0 aliphatic carbocycles. The molecule has 0 atom stereocenters. The highest BCUT2D eigenvalue weighted by molar-refractivity contribution is 6.42. The third kappa shape index (κ3) is 3.52. The molecule has 2 rings (SSSR count). The molecule has 0 bridgehead atoms. The lowest BCUT2D eigenvalue weighted by molar-refractivity contribution is -0.117. The molecule has 1 amide bonds. The van der Waals surface area contributed by atoms with E-state index >= 15 is 0 Å². The maximum atomic E-state index is 11.9. The molecule has 1 N–H and O–H groups in total. The molecule has 0 fully saturated rings. The van der Waals surface area contributed by atoms with Crippen molar-refractivity contribution in [1.29, 1.82) is 0 Å². The average Bonchev–Trinajstić information content (AvgIpc) is 2.46. The lowest BCUT2D eigenvalue weighted by Gasteiger charge is -2.04. The number of carbonyl (C=O) groups excluding carboxylic acids is 2. The number of nitrogens with one attached hydrogen (secondary N) is 1. The Morgan fingerprint density at radius 1 is 0.947 bits per heavy atom. The minimum absolute atomic E-state index is 0.358. The standard InChI is InChI=1S/C16H15NO2/c1-12-7-9-14(10-8-12)15(18)16(19)17-11-13-5-3-2-4-6-13/h2-10H,11H2,1H3,(H,17,19). The van der Waals surface area contributed by atoms with Gasteiger partial charge in [-0.15, -0.1) is 0 Å². The molecule has 3 nitrogen and oxygen atoms in total. The van der Waals surface area contributed by atoms with Crippen molar-refractivity contribution in [2.45, 2.75) is 13.5 Å². The summed E-state index contributed by atoms with van der Waals surface area (Å²) in [5.41, 5.74) is 2.44. The first-order chi connectivity index (χ1) is 9.16. The summed E-state index contributed by atoms with van der Waals surface area (Å²) < 4.78 is 0. The molecule has 2 aromatic rings. The molecule has 0 spiro atoms. The van der Waals surface area contributed by atoms with Crippen LogP contribution in [-0.4, -0.2) is 11.7 Å². The highest BCUT2D eigenvalue weighted by Gasteiger charge is 2.15. The molecular formula is C16H15NO2. The van der Waals surface area contributed by atoms with Crippen LogP contribution >= 0.6 is 0 Å². The molecule has 0 unspecified atom stereocenters. The summed E-state index contributed by atoms with van der Waals surface area (Å²) in [6, 6.07) is 16.5. The van der Waals surface area contributed by atoms with Crippen LogP contribution in [0.2, 0.25) is 0 Å². The zero-order valence-corrected chi connectivity index (χ0v) is 10.7. The zero-order valence-electron chi connectivity index (χ0n) is 10.7. The van der Waals surface area contributed by atoms with Gasteiger partial charge in [0.25, 0.3) is 5.91 Å². The highest BCUT2D eigenvalue weighted by atomic mass is 16.2. The quantitative estimate of drug-likeness (QED) is 0.672. The number of amides is 1. The summed E-state index contributed by atoms with van der Waals surface area (Å²) in [6.07, 6.45) is 0. The lowest BCUT2D eigenvalue weighted by Crippen LogP contribution is -2.30. The van der Waals surface area contributed by atoms with Crippen molar-refractivity contribution in [1.82, 2.24) is 5.32 Å². The van der Waals surface area contributed by atoms with Gasteiger partial charge in [0.1, 0.15) is 0 Å². The Hall–Kier alpha value is -2.42. The second kappa shape index (κ2) is 5.96. The van der Waals surface area contributed by atoms with Gasteiger partial charge in [0.05, 0.1) is 0 Å². The number of benzene rings is 2. The molecule has 0 saturated heterocycles. The molecule has 2 aromatic carbocycles. The van der Waals surface area contributed by atoms with Gasteiger partial charge in [0.2, 0.25) is 5.78 Å². The van der Waals surface area contributed by atoms with Crippen LogP contribution in [0.1, 0.15) is 21.5 Å². The molecule has 0 heterocycles. The van der Waals surface area contributed by atoms with E-state index in [9.17, 15) is 9.59 Å². The lowest BCUT2D eigenvalue weighted by atomic mass is 10.1. The average molecular weight is 253 g/mol. The van der Waals surface area contributed by atoms with Gasteiger partial charge < -0.3 is 5.32 Å². The normalized spacial score (nSPS) is 9.95. The van der Waals surface area contributed by atoms with Gasteiger partial charge in [0.15, 0.2) is 0 Å². The van der Waals surface area contributed by atoms with Crippen LogP contribution < -0.4 is 5.32 Å². The number of hydrogen-bond acceptors (Lipinski definition) is 2. The molecule has 0 aromatic heterocycles. The Kier molecular flexibility index (Phi) is 4.08. The Morgan fingerprint density at radius 3 is 2.21 bits per heavy atom. The van der Waals surface area contributed by atoms with E-state index < -0.39 is 11.7 Å². The van der Waals surface area contributed by atoms with Crippen LogP contribution in [0.5, 0.6) is 0 Å². The van der Waals surface area contributed by atoms with Gasteiger partial charge in [-0.2, -0.15) is 0 Å². The fraction of sp³-hybridized carbons (Fsp3) is 0.125. The van der Waals surface area contributed by atoms with E-state index in [1.54, 1.807) is 12.1 Å². The third-order valence-corrected chi connectivity index (χ3v) is 2.82. The van der Waals surface area contributed by atoms with Crippen LogP contribution in [0.25, 0.3) is 0 Å². The summed E-state index contributed by atoms with van der Waals surface area (Å²) >= 11 is 0. The Balaban J connectivity index is 1.96. The number of ketones is 1.